The molecule has 0 amide bonds. The van der Waals surface area contributed by atoms with E-state index < -0.39 is 75.7 Å². The Morgan fingerprint density at radius 1 is 0.565 bits per heavy atom. The van der Waals surface area contributed by atoms with Gasteiger partial charge in [0.2, 0.25) is 0 Å². The quantitative estimate of drug-likeness (QED) is 0.0113. The SMILES string of the molecule is CCCCC/C=C\CC1OC1C/C=C\C/C=C\CCCC(=O)OC[C@H](COP(=O)(O)OC1[C@H](O)[C@H](O)C(O)[C@H](O)[C@H]1O)OC(=O)CCCCCCCCCCCCCCCCC. The number of rotatable bonds is 38. The summed E-state index contributed by atoms with van der Waals surface area (Å²) in [6.07, 6.45) is 26.6. The molecule has 0 radical (unpaired) electrons. The molecule has 15 heteroatoms. The van der Waals surface area contributed by atoms with Crippen molar-refractivity contribution in [1.82, 2.24) is 0 Å². The topological polar surface area (TPSA) is 222 Å². The van der Waals surface area contributed by atoms with E-state index in [0.29, 0.717) is 31.5 Å². The summed E-state index contributed by atoms with van der Waals surface area (Å²) in [5.41, 5.74) is 0. The Balaban J connectivity index is 1.72. The fourth-order valence-electron chi connectivity index (χ4n) is 7.38. The first-order valence-electron chi connectivity index (χ1n) is 23.9. The third-order valence-electron chi connectivity index (χ3n) is 11.4. The van der Waals surface area contributed by atoms with Crippen LogP contribution in [0.25, 0.3) is 0 Å². The Kier molecular flexibility index (Phi) is 31.1. The second kappa shape index (κ2) is 34.4. The molecular formula is C47H83O14P. The van der Waals surface area contributed by atoms with Gasteiger partial charge in [0.1, 0.15) is 43.2 Å². The van der Waals surface area contributed by atoms with Gasteiger partial charge in [-0.15, -0.1) is 0 Å². The van der Waals surface area contributed by atoms with Crippen LogP contribution in [0.3, 0.4) is 0 Å². The van der Waals surface area contributed by atoms with Crippen molar-refractivity contribution in [3.05, 3.63) is 36.5 Å². The van der Waals surface area contributed by atoms with Crippen LogP contribution in [-0.2, 0) is 37.4 Å². The molecule has 1 saturated carbocycles. The third kappa shape index (κ3) is 26.1. The van der Waals surface area contributed by atoms with Gasteiger partial charge in [-0.1, -0.05) is 153 Å². The molecular weight excluding hydrogens is 819 g/mol. The van der Waals surface area contributed by atoms with Crippen molar-refractivity contribution in [2.75, 3.05) is 13.2 Å². The fraction of sp³-hybridized carbons (Fsp3) is 0.830. The normalized spacial score (nSPS) is 25.4. The zero-order valence-corrected chi connectivity index (χ0v) is 38.8. The van der Waals surface area contributed by atoms with E-state index in [9.17, 15) is 44.6 Å². The van der Waals surface area contributed by atoms with Gasteiger partial charge in [0.25, 0.3) is 0 Å². The zero-order valence-electron chi connectivity index (χ0n) is 37.9. The molecule has 0 spiro atoms. The molecule has 6 N–H and O–H groups in total. The average Bonchev–Trinajstić information content (AvgIpc) is 4.01. The Morgan fingerprint density at radius 3 is 1.60 bits per heavy atom. The lowest BCUT2D eigenvalue weighted by Crippen LogP contribution is -2.64. The smallest absolute Gasteiger partial charge is 0.462 e. The number of phosphoric acid groups is 1. The summed E-state index contributed by atoms with van der Waals surface area (Å²) in [6.45, 7) is 3.22. The van der Waals surface area contributed by atoms with Gasteiger partial charge in [-0.05, 0) is 51.4 Å². The van der Waals surface area contributed by atoms with Gasteiger partial charge in [0.05, 0.1) is 18.8 Å². The molecule has 2 fully saturated rings. The molecule has 0 bridgehead atoms. The minimum atomic E-state index is -5.13. The summed E-state index contributed by atoms with van der Waals surface area (Å²) in [6, 6.07) is 0. The number of unbranched alkanes of at least 4 members (excludes halogenated alkanes) is 18. The maximum atomic E-state index is 12.8. The van der Waals surface area contributed by atoms with E-state index in [1.807, 2.05) is 12.2 Å². The minimum absolute atomic E-state index is 0.0851. The minimum Gasteiger partial charge on any atom is -0.462 e. The van der Waals surface area contributed by atoms with E-state index in [4.69, 9.17) is 23.3 Å². The summed E-state index contributed by atoms with van der Waals surface area (Å²) in [7, 11) is -5.13. The van der Waals surface area contributed by atoms with Gasteiger partial charge in [-0.25, -0.2) is 4.57 Å². The van der Waals surface area contributed by atoms with Crippen LogP contribution in [0, 0.1) is 0 Å². The maximum Gasteiger partial charge on any atom is 0.472 e. The van der Waals surface area contributed by atoms with Gasteiger partial charge >= 0.3 is 19.8 Å². The Bertz CT molecular complexity index is 1290. The second-order valence-corrected chi connectivity index (χ2v) is 18.4. The molecule has 2 rings (SSSR count). The van der Waals surface area contributed by atoms with Gasteiger partial charge in [0.15, 0.2) is 6.10 Å². The van der Waals surface area contributed by atoms with Crippen molar-refractivity contribution < 1.29 is 67.8 Å². The maximum absolute atomic E-state index is 12.8. The highest BCUT2D eigenvalue weighted by Crippen LogP contribution is 2.47. The van der Waals surface area contributed by atoms with Gasteiger partial charge in [-0.2, -0.15) is 0 Å². The molecule has 0 aromatic carbocycles. The predicted octanol–water partition coefficient (Wildman–Crippen LogP) is 8.38. The third-order valence-corrected chi connectivity index (χ3v) is 12.4. The monoisotopic (exact) mass is 903 g/mol. The molecule has 360 valence electrons. The lowest BCUT2D eigenvalue weighted by molar-refractivity contribution is -0.220. The highest BCUT2D eigenvalue weighted by molar-refractivity contribution is 7.47. The number of epoxide rings is 1. The van der Waals surface area contributed by atoms with Crippen molar-refractivity contribution in [2.24, 2.45) is 0 Å². The average molecular weight is 903 g/mol. The van der Waals surface area contributed by atoms with Crippen molar-refractivity contribution in [3.8, 4) is 0 Å². The zero-order chi connectivity index (χ0) is 45.4. The molecule has 62 heavy (non-hydrogen) atoms. The number of phosphoric ester groups is 1. The first-order chi connectivity index (χ1) is 29.9. The van der Waals surface area contributed by atoms with Crippen LogP contribution >= 0.6 is 7.82 Å². The fourth-order valence-corrected chi connectivity index (χ4v) is 8.35. The molecule has 14 nitrogen and oxygen atoms in total. The van der Waals surface area contributed by atoms with Crippen molar-refractivity contribution in [3.63, 3.8) is 0 Å². The van der Waals surface area contributed by atoms with Crippen molar-refractivity contribution in [2.45, 2.75) is 236 Å². The lowest BCUT2D eigenvalue weighted by atomic mass is 9.85. The number of hydrogen-bond acceptors (Lipinski definition) is 13. The summed E-state index contributed by atoms with van der Waals surface area (Å²) < 4.78 is 39.3. The van der Waals surface area contributed by atoms with Gasteiger partial charge < -0.3 is 44.6 Å². The number of ether oxygens (including phenoxy) is 3. The molecule has 1 saturated heterocycles. The van der Waals surface area contributed by atoms with E-state index in [-0.39, 0.29) is 12.8 Å². The number of allylic oxidation sites excluding steroid dienone is 4. The highest BCUT2D eigenvalue weighted by Gasteiger charge is 2.51. The van der Waals surface area contributed by atoms with E-state index in [0.717, 1.165) is 51.4 Å². The predicted molar refractivity (Wildman–Crippen MR) is 239 cm³/mol. The molecule has 2 aliphatic rings. The van der Waals surface area contributed by atoms with E-state index in [1.54, 1.807) is 0 Å². The van der Waals surface area contributed by atoms with E-state index >= 15 is 0 Å². The highest BCUT2D eigenvalue weighted by atomic mass is 31.2. The number of esters is 2. The molecule has 0 aromatic rings. The van der Waals surface area contributed by atoms with Crippen LogP contribution in [0.4, 0.5) is 0 Å². The van der Waals surface area contributed by atoms with Crippen molar-refractivity contribution >= 4 is 19.8 Å². The van der Waals surface area contributed by atoms with E-state index in [1.165, 1.54) is 83.5 Å². The molecule has 1 heterocycles. The van der Waals surface area contributed by atoms with Crippen LogP contribution in [0.15, 0.2) is 36.5 Å². The van der Waals surface area contributed by atoms with Gasteiger partial charge in [0, 0.05) is 12.8 Å². The van der Waals surface area contributed by atoms with Crippen LogP contribution in [0.5, 0.6) is 0 Å². The second-order valence-electron chi connectivity index (χ2n) is 17.0. The Morgan fingerprint density at radius 2 is 1.02 bits per heavy atom. The van der Waals surface area contributed by atoms with Gasteiger partial charge in [-0.3, -0.25) is 18.6 Å². The first kappa shape index (κ1) is 56.2. The largest absolute Gasteiger partial charge is 0.472 e. The number of carbonyl (C=O) groups excluding carboxylic acids is 2. The van der Waals surface area contributed by atoms with Crippen LogP contribution in [0.2, 0.25) is 0 Å². The molecule has 0 aromatic heterocycles. The molecule has 1 aliphatic heterocycles. The number of carbonyl (C=O) groups is 2. The Labute approximate surface area is 372 Å². The van der Waals surface area contributed by atoms with Crippen LogP contribution < -0.4 is 0 Å². The molecule has 1 aliphatic carbocycles. The summed E-state index contributed by atoms with van der Waals surface area (Å²) in [5, 5.41) is 50.2. The lowest BCUT2D eigenvalue weighted by Gasteiger charge is -2.41. The summed E-state index contributed by atoms with van der Waals surface area (Å²) in [4.78, 5) is 35.7. The first-order valence-corrected chi connectivity index (χ1v) is 25.4. The molecule has 5 unspecified atom stereocenters. The van der Waals surface area contributed by atoms with E-state index in [2.05, 4.69) is 38.2 Å². The summed E-state index contributed by atoms with van der Waals surface area (Å²) >= 11 is 0. The number of aliphatic hydroxyl groups is 5. The Hall–Kier alpha value is -1.97. The van der Waals surface area contributed by atoms with Crippen molar-refractivity contribution in [1.29, 1.82) is 0 Å². The van der Waals surface area contributed by atoms with Crippen LogP contribution in [0.1, 0.15) is 181 Å². The number of aliphatic hydroxyl groups excluding tert-OH is 5. The molecule has 10 atom stereocenters. The summed E-state index contributed by atoms with van der Waals surface area (Å²) in [5.74, 6) is -1.17. The van der Waals surface area contributed by atoms with Crippen LogP contribution in [-0.4, -0.2) is 111 Å². The standard InChI is InChI=1S/C47H83O14P/c1-3-5-7-9-11-12-13-14-15-16-17-18-21-26-30-34-41(49)59-37(36-58-62(55,56)61-47-45(53)43(51)42(50)44(52)46(47)54)35-57-40(48)33-29-25-22-19-20-24-28-32-39-38(60-39)31-27-23-10-8-6-4-2/h19,22-24,27-28,37-39,42-47,50-54H,3-18,20-21,25-26,29-36H2,1-2H3,(H,55,56)/b22-19-,27-23-,28-24-/t37-,38?,39?,42?,43-,44+,45-,46-,47?/m1/s1. The number of hydrogen-bond donors (Lipinski definition) is 6.